The second-order valence-corrected chi connectivity index (χ2v) is 6.11. The number of esters is 1. The van der Waals surface area contributed by atoms with Gasteiger partial charge < -0.3 is 14.7 Å². The molecule has 5 heteroatoms. The molecular formula is C19H23NO4. The van der Waals surface area contributed by atoms with Crippen LogP contribution in [0.3, 0.4) is 0 Å². The van der Waals surface area contributed by atoms with Gasteiger partial charge in [-0.1, -0.05) is 32.0 Å². The van der Waals surface area contributed by atoms with Crippen molar-refractivity contribution in [2.24, 2.45) is 5.92 Å². The Morgan fingerprint density at radius 3 is 2.58 bits per heavy atom. The van der Waals surface area contributed by atoms with E-state index in [0.29, 0.717) is 17.8 Å². The molecule has 128 valence electrons. The van der Waals surface area contributed by atoms with E-state index in [9.17, 15) is 14.7 Å². The van der Waals surface area contributed by atoms with Gasteiger partial charge >= 0.3 is 5.97 Å². The van der Waals surface area contributed by atoms with Crippen molar-refractivity contribution < 1.29 is 19.4 Å². The van der Waals surface area contributed by atoms with Gasteiger partial charge in [0.2, 0.25) is 0 Å². The molecule has 0 aliphatic carbocycles. The number of phenols is 1. The van der Waals surface area contributed by atoms with Gasteiger partial charge in [0.1, 0.15) is 5.75 Å². The molecule has 1 amide bonds. The number of hydrogen-bond donors (Lipinski definition) is 1. The molecule has 0 unspecified atom stereocenters. The van der Waals surface area contributed by atoms with Crippen molar-refractivity contribution in [3.8, 4) is 5.75 Å². The summed E-state index contributed by atoms with van der Waals surface area (Å²) >= 11 is 0. The first-order chi connectivity index (χ1) is 11.4. The number of aromatic hydroxyl groups is 1. The summed E-state index contributed by atoms with van der Waals surface area (Å²) in [5.74, 6) is -0.443. The number of carbonyl (C=O) groups excluding carboxylic acids is 2. The summed E-state index contributed by atoms with van der Waals surface area (Å²) in [4.78, 5) is 26.8. The molecule has 1 N–H and O–H groups in total. The molecule has 5 nitrogen and oxygen atoms in total. The smallest absolute Gasteiger partial charge is 0.340 e. The zero-order valence-electron chi connectivity index (χ0n) is 14.5. The largest absolute Gasteiger partial charge is 0.507 e. The van der Waals surface area contributed by atoms with E-state index < -0.39 is 5.97 Å². The van der Waals surface area contributed by atoms with Crippen molar-refractivity contribution in [3.63, 3.8) is 0 Å². The van der Waals surface area contributed by atoms with Crippen LogP contribution in [0.5, 0.6) is 5.75 Å². The van der Waals surface area contributed by atoms with E-state index in [2.05, 4.69) is 0 Å². The highest BCUT2D eigenvalue weighted by molar-refractivity contribution is 6.16. The summed E-state index contributed by atoms with van der Waals surface area (Å²) in [6.45, 7) is 8.25. The van der Waals surface area contributed by atoms with Crippen LogP contribution in [0.2, 0.25) is 0 Å². The molecule has 1 aliphatic heterocycles. The van der Waals surface area contributed by atoms with Gasteiger partial charge in [0.15, 0.2) is 0 Å². The SMILES string of the molecule is CCOC(=O)C1=C(C)N(CC(C)C)C(=O)/C1=C\c1ccccc1O. The number of benzene rings is 1. The Morgan fingerprint density at radius 2 is 2.00 bits per heavy atom. The summed E-state index contributed by atoms with van der Waals surface area (Å²) in [5, 5.41) is 9.96. The molecule has 0 saturated heterocycles. The number of amides is 1. The number of nitrogens with zero attached hydrogens (tertiary/aromatic N) is 1. The van der Waals surface area contributed by atoms with Gasteiger partial charge in [0.05, 0.1) is 17.8 Å². The minimum atomic E-state index is -0.517. The van der Waals surface area contributed by atoms with Crippen molar-refractivity contribution >= 4 is 18.0 Å². The zero-order valence-corrected chi connectivity index (χ0v) is 14.5. The lowest BCUT2D eigenvalue weighted by Gasteiger charge is -2.19. The van der Waals surface area contributed by atoms with Gasteiger partial charge in [0, 0.05) is 17.8 Å². The van der Waals surface area contributed by atoms with Gasteiger partial charge in [-0.25, -0.2) is 4.79 Å². The van der Waals surface area contributed by atoms with Crippen molar-refractivity contribution in [1.82, 2.24) is 4.90 Å². The van der Waals surface area contributed by atoms with E-state index in [4.69, 9.17) is 4.74 Å². The standard InChI is InChI=1S/C19H23NO4/c1-5-24-19(23)17-13(4)20(11-12(2)3)18(22)15(17)10-14-8-6-7-9-16(14)21/h6-10,12,21H,5,11H2,1-4H3/b15-10-. The molecule has 0 atom stereocenters. The number of allylic oxidation sites excluding steroid dienone is 1. The molecule has 1 aromatic carbocycles. The fourth-order valence-electron chi connectivity index (χ4n) is 2.68. The Hall–Kier alpha value is -2.56. The second-order valence-electron chi connectivity index (χ2n) is 6.11. The van der Waals surface area contributed by atoms with Gasteiger partial charge in [-0.05, 0) is 31.9 Å². The summed E-state index contributed by atoms with van der Waals surface area (Å²) in [6, 6.07) is 6.70. The minimum absolute atomic E-state index is 0.0565. The van der Waals surface area contributed by atoms with Gasteiger partial charge in [-0.2, -0.15) is 0 Å². The van der Waals surface area contributed by atoms with Gasteiger partial charge in [-0.15, -0.1) is 0 Å². The molecule has 1 heterocycles. The average molecular weight is 329 g/mol. The predicted molar refractivity (Wildman–Crippen MR) is 92.0 cm³/mol. The molecule has 0 fully saturated rings. The fraction of sp³-hybridized carbons (Fsp3) is 0.368. The monoisotopic (exact) mass is 329 g/mol. The molecule has 0 spiro atoms. The van der Waals surface area contributed by atoms with Crippen LogP contribution >= 0.6 is 0 Å². The molecule has 0 radical (unpaired) electrons. The van der Waals surface area contributed by atoms with Crippen molar-refractivity contribution in [2.75, 3.05) is 13.2 Å². The summed E-state index contributed by atoms with van der Waals surface area (Å²) < 4.78 is 5.12. The first kappa shape index (κ1) is 17.8. The van der Waals surface area contributed by atoms with Crippen LogP contribution in [0.25, 0.3) is 6.08 Å². The number of phenolic OH excluding ortho intramolecular Hbond substituents is 1. The number of hydrogen-bond acceptors (Lipinski definition) is 4. The maximum Gasteiger partial charge on any atom is 0.340 e. The highest BCUT2D eigenvalue weighted by atomic mass is 16.5. The van der Waals surface area contributed by atoms with Crippen molar-refractivity contribution in [2.45, 2.75) is 27.7 Å². The van der Waals surface area contributed by atoms with E-state index in [1.807, 2.05) is 13.8 Å². The second kappa shape index (κ2) is 7.34. The van der Waals surface area contributed by atoms with Crippen LogP contribution in [0.1, 0.15) is 33.3 Å². The number of ether oxygens (including phenoxy) is 1. The maximum absolute atomic E-state index is 12.8. The Balaban J connectivity index is 2.53. The van der Waals surface area contributed by atoms with Crippen LogP contribution < -0.4 is 0 Å². The maximum atomic E-state index is 12.8. The van der Waals surface area contributed by atoms with Gasteiger partial charge in [-0.3, -0.25) is 4.79 Å². The number of para-hydroxylation sites is 1. The molecule has 24 heavy (non-hydrogen) atoms. The van der Waals surface area contributed by atoms with Crippen LogP contribution in [-0.2, 0) is 14.3 Å². The summed E-state index contributed by atoms with van der Waals surface area (Å²) in [6.07, 6.45) is 1.55. The van der Waals surface area contributed by atoms with Crippen molar-refractivity contribution in [3.05, 3.63) is 46.7 Å². The quantitative estimate of drug-likeness (QED) is 0.666. The number of carbonyl (C=O) groups is 2. The van der Waals surface area contributed by atoms with E-state index in [1.54, 1.807) is 43.0 Å². The molecule has 1 aromatic rings. The Kier molecular flexibility index (Phi) is 5.44. The lowest BCUT2D eigenvalue weighted by atomic mass is 10.0. The Labute approximate surface area is 142 Å². The molecule has 0 aromatic heterocycles. The molecule has 0 saturated carbocycles. The third-order valence-corrected chi connectivity index (χ3v) is 3.78. The topological polar surface area (TPSA) is 66.8 Å². The van der Waals surface area contributed by atoms with Crippen molar-refractivity contribution in [1.29, 1.82) is 0 Å². The Bertz CT molecular complexity index is 716. The molecular weight excluding hydrogens is 306 g/mol. The van der Waals surface area contributed by atoms with E-state index in [1.165, 1.54) is 6.07 Å². The number of rotatable bonds is 5. The molecule has 0 bridgehead atoms. The normalized spacial score (nSPS) is 16.5. The third kappa shape index (κ3) is 3.50. The Morgan fingerprint density at radius 1 is 1.33 bits per heavy atom. The van der Waals surface area contributed by atoms with E-state index in [-0.39, 0.29) is 35.3 Å². The lowest BCUT2D eigenvalue weighted by molar-refractivity contribution is -0.138. The highest BCUT2D eigenvalue weighted by Crippen LogP contribution is 2.33. The van der Waals surface area contributed by atoms with Crippen LogP contribution in [-0.4, -0.2) is 35.0 Å². The average Bonchev–Trinajstić information content (AvgIpc) is 2.74. The molecule has 2 rings (SSSR count). The van der Waals surface area contributed by atoms with E-state index >= 15 is 0 Å². The molecule has 1 aliphatic rings. The fourth-order valence-corrected chi connectivity index (χ4v) is 2.68. The first-order valence-electron chi connectivity index (χ1n) is 8.06. The van der Waals surface area contributed by atoms with Crippen LogP contribution in [0, 0.1) is 5.92 Å². The zero-order chi connectivity index (χ0) is 17.9. The van der Waals surface area contributed by atoms with Crippen LogP contribution in [0.4, 0.5) is 0 Å². The first-order valence-corrected chi connectivity index (χ1v) is 8.06. The third-order valence-electron chi connectivity index (χ3n) is 3.78. The predicted octanol–water partition coefficient (Wildman–Crippen LogP) is 3.11. The van der Waals surface area contributed by atoms with E-state index in [0.717, 1.165) is 0 Å². The highest BCUT2D eigenvalue weighted by Gasteiger charge is 2.37. The summed E-state index contributed by atoms with van der Waals surface area (Å²) in [5.41, 5.74) is 1.61. The summed E-state index contributed by atoms with van der Waals surface area (Å²) in [7, 11) is 0. The van der Waals surface area contributed by atoms with Crippen LogP contribution in [0.15, 0.2) is 41.1 Å². The van der Waals surface area contributed by atoms with Gasteiger partial charge in [0.25, 0.3) is 5.91 Å². The minimum Gasteiger partial charge on any atom is -0.507 e. The lowest BCUT2D eigenvalue weighted by Crippen LogP contribution is -2.28.